The van der Waals surface area contributed by atoms with Crippen LogP contribution in [0.2, 0.25) is 0 Å². The summed E-state index contributed by atoms with van der Waals surface area (Å²) < 4.78 is 0. The minimum absolute atomic E-state index is 0.967. The molecular formula is C78H56N2. The molecule has 0 unspecified atom stereocenters. The van der Waals surface area contributed by atoms with Gasteiger partial charge in [0.2, 0.25) is 0 Å². The van der Waals surface area contributed by atoms with E-state index >= 15 is 0 Å². The quantitative estimate of drug-likeness (QED) is 0.126. The Balaban J connectivity index is 1.04. The third-order valence-electron chi connectivity index (χ3n) is 16.7. The van der Waals surface area contributed by atoms with E-state index in [9.17, 15) is 0 Å². The molecule has 0 atom stereocenters. The number of fused-ring (bicyclic) bond motifs is 6. The maximum Gasteiger partial charge on any atom is 0.0540 e. The van der Waals surface area contributed by atoms with Gasteiger partial charge in [-0.25, -0.2) is 0 Å². The van der Waals surface area contributed by atoms with E-state index in [0.717, 1.165) is 48.4 Å². The molecule has 0 saturated heterocycles. The van der Waals surface area contributed by atoms with Crippen LogP contribution in [-0.2, 0) is 12.8 Å². The van der Waals surface area contributed by atoms with Gasteiger partial charge < -0.3 is 9.80 Å². The second-order valence-corrected chi connectivity index (χ2v) is 21.3. The summed E-state index contributed by atoms with van der Waals surface area (Å²) in [6, 6.07) is 102. The van der Waals surface area contributed by atoms with Crippen LogP contribution in [0.25, 0.3) is 99.4 Å². The maximum absolute atomic E-state index is 2.54. The molecule has 0 amide bonds. The van der Waals surface area contributed by atoms with E-state index in [-0.39, 0.29) is 0 Å². The van der Waals surface area contributed by atoms with Crippen molar-refractivity contribution in [1.82, 2.24) is 0 Å². The molecule has 0 aromatic heterocycles. The van der Waals surface area contributed by atoms with Crippen molar-refractivity contribution in [3.63, 3.8) is 0 Å². The van der Waals surface area contributed by atoms with Gasteiger partial charge in [0.05, 0.1) is 11.4 Å². The summed E-state index contributed by atoms with van der Waals surface area (Å²) in [7, 11) is 0. The summed E-state index contributed by atoms with van der Waals surface area (Å²) in [5.41, 5.74) is 21.8. The van der Waals surface area contributed by atoms with Gasteiger partial charge in [0, 0.05) is 39.1 Å². The van der Waals surface area contributed by atoms with Gasteiger partial charge in [-0.1, -0.05) is 249 Å². The topological polar surface area (TPSA) is 6.48 Å². The molecule has 13 aromatic carbocycles. The molecule has 13 aromatic rings. The Bertz CT molecular complexity index is 4560. The van der Waals surface area contributed by atoms with Crippen molar-refractivity contribution in [2.24, 2.45) is 0 Å². The van der Waals surface area contributed by atoms with E-state index in [2.05, 4.69) is 301 Å². The summed E-state index contributed by atoms with van der Waals surface area (Å²) in [5, 5.41) is 9.65. The predicted molar refractivity (Wildman–Crippen MR) is 342 cm³/mol. The van der Waals surface area contributed by atoms with Crippen molar-refractivity contribution < 1.29 is 0 Å². The summed E-state index contributed by atoms with van der Waals surface area (Å²) in [6.45, 7) is 0. The number of nitrogens with zero attached hydrogens (tertiary/aromatic N) is 2. The molecule has 2 heteroatoms. The minimum Gasteiger partial charge on any atom is -0.310 e. The number of rotatable bonds is 10. The molecule has 0 spiro atoms. The average Bonchev–Trinajstić information content (AvgIpc) is 3.54. The monoisotopic (exact) mass is 1020 g/mol. The molecular weight excluding hydrogens is 965 g/mol. The number of hydrogen-bond donors (Lipinski definition) is 0. The molecule has 0 heterocycles. The molecule has 2 aliphatic rings. The van der Waals surface area contributed by atoms with Crippen molar-refractivity contribution in [2.45, 2.75) is 25.7 Å². The third-order valence-corrected chi connectivity index (χ3v) is 16.7. The van der Waals surface area contributed by atoms with Crippen LogP contribution in [0.15, 0.2) is 285 Å². The lowest BCUT2D eigenvalue weighted by Crippen LogP contribution is -2.19. The third kappa shape index (κ3) is 8.27. The van der Waals surface area contributed by atoms with E-state index in [1.807, 2.05) is 0 Å². The van der Waals surface area contributed by atoms with Crippen LogP contribution in [0.3, 0.4) is 0 Å². The van der Waals surface area contributed by atoms with Crippen molar-refractivity contribution >= 4 is 83.3 Å². The average molecular weight is 1020 g/mol. The molecule has 0 aliphatic heterocycles. The highest BCUT2D eigenvalue weighted by atomic mass is 15.2. The van der Waals surface area contributed by atoms with Crippen LogP contribution in [-0.4, -0.2) is 0 Å². The van der Waals surface area contributed by atoms with Gasteiger partial charge in [0.15, 0.2) is 0 Å². The normalized spacial score (nSPS) is 12.8. The Hall–Kier alpha value is -10.0. The first-order valence-corrected chi connectivity index (χ1v) is 28.2. The van der Waals surface area contributed by atoms with Crippen LogP contribution < -0.4 is 9.80 Å². The number of allylic oxidation sites excluding steroid dienone is 2. The first-order valence-electron chi connectivity index (χ1n) is 28.2. The lowest BCUT2D eigenvalue weighted by Gasteiger charge is -2.33. The highest BCUT2D eigenvalue weighted by Crippen LogP contribution is 2.51. The molecule has 0 saturated carbocycles. The van der Waals surface area contributed by atoms with Crippen LogP contribution in [0, 0.1) is 0 Å². The van der Waals surface area contributed by atoms with Crippen LogP contribution >= 0.6 is 0 Å². The van der Waals surface area contributed by atoms with Crippen molar-refractivity contribution in [3.05, 3.63) is 307 Å². The fourth-order valence-electron chi connectivity index (χ4n) is 13.0. The number of hydrogen-bond acceptors (Lipinski definition) is 2. The lowest BCUT2D eigenvalue weighted by molar-refractivity contribution is 0.968. The van der Waals surface area contributed by atoms with Crippen molar-refractivity contribution in [1.29, 1.82) is 0 Å². The first-order chi connectivity index (χ1) is 39.7. The second-order valence-electron chi connectivity index (χ2n) is 21.3. The Morgan fingerprint density at radius 3 is 1.39 bits per heavy atom. The van der Waals surface area contributed by atoms with Crippen molar-refractivity contribution in [3.8, 4) is 44.5 Å². The number of aryl methyl sites for hydroxylation is 1. The minimum atomic E-state index is 0.967. The predicted octanol–water partition coefficient (Wildman–Crippen LogP) is 21.5. The Morgan fingerprint density at radius 1 is 0.300 bits per heavy atom. The van der Waals surface area contributed by atoms with Gasteiger partial charge in [-0.3, -0.25) is 0 Å². The molecule has 80 heavy (non-hydrogen) atoms. The zero-order chi connectivity index (χ0) is 52.9. The molecule has 0 fully saturated rings. The summed E-state index contributed by atoms with van der Waals surface area (Å²) in [4.78, 5) is 5.09. The van der Waals surface area contributed by atoms with E-state index in [4.69, 9.17) is 0 Å². The van der Waals surface area contributed by atoms with Crippen LogP contribution in [0.5, 0.6) is 0 Å². The standard InChI is InChI=1S/C78H56N2/c1-3-19-53(20-4-1)55-39-43-61(44-40-55)77-69-49-47-64(80(75-37-17-29-59-25-9-13-33-67(59)75)76-38-18-30-60-26-10-14-34-68(60)76)52-72(69)78(62-45-41-56(42-46-62)54-21-5-2-6-22-54)70-50-48-63(51-71(70)77)79(73-35-15-27-57-23-7-11-31-65(57)73)74-36-16-28-58-24-8-12-32-66(58)74/h1-13,15,17-27,29-33,35-52H,14,16,28,34H2. The molecule has 15 rings (SSSR count). The highest BCUT2D eigenvalue weighted by molar-refractivity contribution is 6.23. The zero-order valence-electron chi connectivity index (χ0n) is 44.4. The molecule has 0 bridgehead atoms. The lowest BCUT2D eigenvalue weighted by atomic mass is 9.84. The van der Waals surface area contributed by atoms with Gasteiger partial charge in [-0.15, -0.1) is 0 Å². The molecule has 0 N–H and O–H groups in total. The Labute approximate surface area is 468 Å². The first kappa shape index (κ1) is 47.2. The van der Waals surface area contributed by atoms with E-state index in [0.29, 0.717) is 0 Å². The largest absolute Gasteiger partial charge is 0.310 e. The number of benzene rings is 13. The highest BCUT2D eigenvalue weighted by Gasteiger charge is 2.27. The summed E-state index contributed by atoms with van der Waals surface area (Å²) in [5.74, 6) is 0. The van der Waals surface area contributed by atoms with Crippen LogP contribution in [0.4, 0.5) is 28.4 Å². The smallest absolute Gasteiger partial charge is 0.0540 e. The number of anilines is 5. The van der Waals surface area contributed by atoms with Crippen LogP contribution in [0.1, 0.15) is 35.1 Å². The van der Waals surface area contributed by atoms with E-state index in [1.165, 1.54) is 121 Å². The molecule has 2 aliphatic carbocycles. The second kappa shape index (κ2) is 20.1. The Kier molecular flexibility index (Phi) is 11.9. The molecule has 378 valence electrons. The summed E-state index contributed by atoms with van der Waals surface area (Å²) in [6.07, 6.45) is 11.1. The van der Waals surface area contributed by atoms with Gasteiger partial charge in [-0.05, 0) is 162 Å². The zero-order valence-corrected chi connectivity index (χ0v) is 44.4. The summed E-state index contributed by atoms with van der Waals surface area (Å²) >= 11 is 0. The molecule has 0 radical (unpaired) electrons. The van der Waals surface area contributed by atoms with E-state index in [1.54, 1.807) is 0 Å². The SMILES string of the molecule is C1=Cc2cccc(N(c3ccc4c(-c5ccc(-c6ccccc6)cc5)c5cc(N(C6=CCCc7ccccc76)c6cccc7ccccc67)ccc5c(-c5ccc(-c6ccccc6)cc5)c4c3)c3cccc4ccccc34)c2CC1. The van der Waals surface area contributed by atoms with Gasteiger partial charge in [0.25, 0.3) is 0 Å². The van der Waals surface area contributed by atoms with Gasteiger partial charge in [-0.2, -0.15) is 0 Å². The van der Waals surface area contributed by atoms with E-state index < -0.39 is 0 Å². The van der Waals surface area contributed by atoms with Gasteiger partial charge in [0.1, 0.15) is 0 Å². The maximum atomic E-state index is 2.54. The molecule has 2 nitrogen and oxygen atoms in total. The fourth-order valence-corrected chi connectivity index (χ4v) is 13.0. The van der Waals surface area contributed by atoms with Gasteiger partial charge >= 0.3 is 0 Å². The Morgan fingerprint density at radius 2 is 0.775 bits per heavy atom. The van der Waals surface area contributed by atoms with Crippen molar-refractivity contribution in [2.75, 3.05) is 9.80 Å². The fraction of sp³-hybridized carbons (Fsp3) is 0.0513.